The minimum absolute atomic E-state index is 0.128. The fourth-order valence-corrected chi connectivity index (χ4v) is 2.25. The van der Waals surface area contributed by atoms with Crippen LogP contribution in [0.25, 0.3) is 0 Å². The molecule has 19 heavy (non-hydrogen) atoms. The van der Waals surface area contributed by atoms with Gasteiger partial charge in [0, 0.05) is 6.04 Å². The van der Waals surface area contributed by atoms with Gasteiger partial charge in [-0.05, 0) is 18.9 Å². The molecular weight excluding hydrogens is 262 g/mol. The van der Waals surface area contributed by atoms with Crippen molar-refractivity contribution in [1.29, 1.82) is 0 Å². The van der Waals surface area contributed by atoms with Gasteiger partial charge in [0.2, 0.25) is 0 Å². The van der Waals surface area contributed by atoms with Gasteiger partial charge in [0.1, 0.15) is 0 Å². The SMILES string of the molecule is O=C(NC1CCCCC1)c1cc(F)c(F)c(F)c1F. The lowest BCUT2D eigenvalue weighted by molar-refractivity contribution is 0.0921. The number of rotatable bonds is 2. The summed E-state index contributed by atoms with van der Waals surface area (Å²) in [6.45, 7) is 0. The van der Waals surface area contributed by atoms with Crippen LogP contribution in [0.3, 0.4) is 0 Å². The second-order valence-corrected chi connectivity index (χ2v) is 4.66. The van der Waals surface area contributed by atoms with Crippen molar-refractivity contribution in [1.82, 2.24) is 5.32 Å². The van der Waals surface area contributed by atoms with Crippen LogP contribution in [0.15, 0.2) is 6.07 Å². The van der Waals surface area contributed by atoms with Gasteiger partial charge in [0.05, 0.1) is 5.56 Å². The minimum Gasteiger partial charge on any atom is -0.349 e. The van der Waals surface area contributed by atoms with Crippen molar-refractivity contribution in [2.45, 2.75) is 38.1 Å². The van der Waals surface area contributed by atoms with Gasteiger partial charge in [-0.3, -0.25) is 4.79 Å². The highest BCUT2D eigenvalue weighted by Crippen LogP contribution is 2.21. The predicted molar refractivity (Wildman–Crippen MR) is 60.6 cm³/mol. The van der Waals surface area contributed by atoms with E-state index in [1.807, 2.05) is 0 Å². The number of carbonyl (C=O) groups is 1. The van der Waals surface area contributed by atoms with Gasteiger partial charge in [0.25, 0.3) is 5.91 Å². The molecular formula is C13H13F4NO. The first-order valence-electron chi connectivity index (χ1n) is 6.14. The van der Waals surface area contributed by atoms with E-state index in [2.05, 4.69) is 5.32 Å². The van der Waals surface area contributed by atoms with Crippen molar-refractivity contribution < 1.29 is 22.4 Å². The van der Waals surface area contributed by atoms with E-state index in [1.54, 1.807) is 0 Å². The van der Waals surface area contributed by atoms with Crippen LogP contribution in [-0.2, 0) is 0 Å². The number of carbonyl (C=O) groups excluding carboxylic acids is 1. The van der Waals surface area contributed by atoms with E-state index in [0.717, 1.165) is 32.1 Å². The van der Waals surface area contributed by atoms with Crippen molar-refractivity contribution in [2.75, 3.05) is 0 Å². The first kappa shape index (κ1) is 13.8. The monoisotopic (exact) mass is 275 g/mol. The molecule has 1 N–H and O–H groups in total. The van der Waals surface area contributed by atoms with Gasteiger partial charge >= 0.3 is 0 Å². The molecule has 1 amide bonds. The molecule has 0 aliphatic heterocycles. The highest BCUT2D eigenvalue weighted by molar-refractivity contribution is 5.94. The zero-order chi connectivity index (χ0) is 14.0. The molecule has 1 aromatic carbocycles. The fraction of sp³-hybridized carbons (Fsp3) is 0.462. The van der Waals surface area contributed by atoms with Gasteiger partial charge in [-0.25, -0.2) is 17.6 Å². The van der Waals surface area contributed by atoms with Crippen molar-refractivity contribution >= 4 is 5.91 Å². The maximum atomic E-state index is 13.4. The molecule has 6 heteroatoms. The number of amides is 1. The second-order valence-electron chi connectivity index (χ2n) is 4.66. The highest BCUT2D eigenvalue weighted by Gasteiger charge is 2.24. The van der Waals surface area contributed by atoms with Gasteiger partial charge in [-0.15, -0.1) is 0 Å². The van der Waals surface area contributed by atoms with Crippen LogP contribution in [0.1, 0.15) is 42.5 Å². The minimum atomic E-state index is -1.96. The number of hydrogen-bond acceptors (Lipinski definition) is 1. The summed E-state index contributed by atoms with van der Waals surface area (Å²) in [6, 6.07) is 0.253. The summed E-state index contributed by atoms with van der Waals surface area (Å²) in [5.41, 5.74) is -0.804. The Kier molecular flexibility index (Phi) is 4.07. The Bertz CT molecular complexity index is 498. The van der Waals surface area contributed by atoms with Gasteiger partial charge in [0.15, 0.2) is 23.3 Å². The van der Waals surface area contributed by atoms with Crippen LogP contribution in [0.5, 0.6) is 0 Å². The van der Waals surface area contributed by atoms with E-state index in [9.17, 15) is 22.4 Å². The smallest absolute Gasteiger partial charge is 0.254 e. The zero-order valence-corrected chi connectivity index (χ0v) is 10.1. The maximum Gasteiger partial charge on any atom is 0.254 e. The third-order valence-corrected chi connectivity index (χ3v) is 3.29. The Morgan fingerprint density at radius 2 is 1.63 bits per heavy atom. The normalized spacial score (nSPS) is 16.4. The van der Waals surface area contributed by atoms with Crippen LogP contribution in [0.2, 0.25) is 0 Å². The van der Waals surface area contributed by atoms with Crippen LogP contribution in [0.4, 0.5) is 17.6 Å². The summed E-state index contributed by atoms with van der Waals surface area (Å²) >= 11 is 0. The number of benzene rings is 1. The third-order valence-electron chi connectivity index (χ3n) is 3.29. The summed E-state index contributed by atoms with van der Waals surface area (Å²) in [6.07, 6.45) is 4.46. The molecule has 0 aromatic heterocycles. The molecule has 0 saturated heterocycles. The Hall–Kier alpha value is -1.59. The lowest BCUT2D eigenvalue weighted by Crippen LogP contribution is -2.36. The van der Waals surface area contributed by atoms with E-state index in [4.69, 9.17) is 0 Å². The highest BCUT2D eigenvalue weighted by atomic mass is 19.2. The summed E-state index contributed by atoms with van der Waals surface area (Å²) in [5, 5.41) is 2.52. The Morgan fingerprint density at radius 1 is 1.00 bits per heavy atom. The van der Waals surface area contributed by atoms with E-state index in [1.165, 1.54) is 0 Å². The molecule has 1 aliphatic rings. The average molecular weight is 275 g/mol. The molecule has 1 aliphatic carbocycles. The van der Waals surface area contributed by atoms with Gasteiger partial charge in [-0.2, -0.15) is 0 Å². The molecule has 0 heterocycles. The summed E-state index contributed by atoms with van der Waals surface area (Å²) < 4.78 is 52.2. The molecule has 0 bridgehead atoms. The van der Waals surface area contributed by atoms with Crippen LogP contribution < -0.4 is 5.32 Å². The molecule has 0 atom stereocenters. The number of hydrogen-bond donors (Lipinski definition) is 1. The van der Waals surface area contributed by atoms with Crippen molar-refractivity contribution in [3.8, 4) is 0 Å². The van der Waals surface area contributed by atoms with Gasteiger partial charge in [-0.1, -0.05) is 19.3 Å². The van der Waals surface area contributed by atoms with E-state index < -0.39 is 34.7 Å². The van der Waals surface area contributed by atoms with E-state index in [0.29, 0.717) is 6.07 Å². The summed E-state index contributed by atoms with van der Waals surface area (Å²) in [7, 11) is 0. The lowest BCUT2D eigenvalue weighted by atomic mass is 9.95. The van der Waals surface area contributed by atoms with E-state index in [-0.39, 0.29) is 6.04 Å². The molecule has 1 saturated carbocycles. The van der Waals surface area contributed by atoms with Crippen LogP contribution in [-0.4, -0.2) is 11.9 Å². The van der Waals surface area contributed by atoms with Gasteiger partial charge < -0.3 is 5.32 Å². The predicted octanol–water partition coefficient (Wildman–Crippen LogP) is 3.31. The first-order chi connectivity index (χ1) is 9.00. The second kappa shape index (κ2) is 5.59. The molecule has 0 unspecified atom stereocenters. The Balaban J connectivity index is 2.19. The van der Waals surface area contributed by atoms with Crippen molar-refractivity contribution in [3.63, 3.8) is 0 Å². The quantitative estimate of drug-likeness (QED) is 0.501. The zero-order valence-electron chi connectivity index (χ0n) is 10.1. The molecule has 1 aromatic rings. The van der Waals surface area contributed by atoms with Crippen LogP contribution in [0, 0.1) is 23.3 Å². The summed E-state index contributed by atoms with van der Waals surface area (Å²) in [5.74, 6) is -8.03. The number of halogens is 4. The Labute approximate surface area is 107 Å². The van der Waals surface area contributed by atoms with Crippen molar-refractivity contribution in [2.24, 2.45) is 0 Å². The van der Waals surface area contributed by atoms with Crippen LogP contribution >= 0.6 is 0 Å². The molecule has 2 nitrogen and oxygen atoms in total. The lowest BCUT2D eigenvalue weighted by Gasteiger charge is -2.22. The summed E-state index contributed by atoms with van der Waals surface area (Å²) in [4.78, 5) is 11.7. The first-order valence-corrected chi connectivity index (χ1v) is 6.14. The standard InChI is InChI=1S/C13H13F4NO/c14-9-6-8(10(15)12(17)11(9)16)13(19)18-7-4-2-1-3-5-7/h6-7H,1-5H2,(H,18,19). The molecule has 104 valence electrons. The molecule has 1 fully saturated rings. The third kappa shape index (κ3) is 2.88. The molecule has 0 radical (unpaired) electrons. The molecule has 2 rings (SSSR count). The topological polar surface area (TPSA) is 29.1 Å². The maximum absolute atomic E-state index is 13.4. The largest absolute Gasteiger partial charge is 0.349 e. The number of nitrogens with one attached hydrogen (secondary N) is 1. The molecule has 0 spiro atoms. The van der Waals surface area contributed by atoms with E-state index >= 15 is 0 Å². The fourth-order valence-electron chi connectivity index (χ4n) is 2.25. The van der Waals surface area contributed by atoms with Crippen molar-refractivity contribution in [3.05, 3.63) is 34.9 Å². The Morgan fingerprint density at radius 3 is 2.26 bits per heavy atom. The average Bonchev–Trinajstić information content (AvgIpc) is 2.41.